The molecule has 1 spiro atoms. The number of benzene rings is 1. The molecule has 1 N–H and O–H groups in total. The zero-order valence-corrected chi connectivity index (χ0v) is 26.3. The minimum Gasteiger partial charge on any atom is -0.493 e. The van der Waals surface area contributed by atoms with Gasteiger partial charge in [0.05, 0.1) is 28.9 Å². The second-order valence-electron chi connectivity index (χ2n) is 13.6. The Kier molecular flexibility index (Phi) is 7.44. The fraction of sp³-hybridized carbons (Fsp3) is 0.500. The molecule has 9 nitrogen and oxygen atoms in total. The number of rotatable bonds is 2. The summed E-state index contributed by atoms with van der Waals surface area (Å²) in [6, 6.07) is 13.0. The molecule has 1 aliphatic carbocycles. The summed E-state index contributed by atoms with van der Waals surface area (Å²) >= 11 is 0. The van der Waals surface area contributed by atoms with E-state index in [4.69, 9.17) is 14.7 Å². The number of nitrogens with zero attached hydrogens (tertiary/aromatic N) is 6. The summed E-state index contributed by atoms with van der Waals surface area (Å²) in [5.41, 5.74) is 6.52. The lowest BCUT2D eigenvalue weighted by molar-refractivity contribution is 0.0756. The summed E-state index contributed by atoms with van der Waals surface area (Å²) in [7, 11) is 0. The van der Waals surface area contributed by atoms with Crippen molar-refractivity contribution in [1.29, 1.82) is 0 Å². The molecule has 0 unspecified atom stereocenters. The second kappa shape index (κ2) is 11.7. The van der Waals surface area contributed by atoms with E-state index in [2.05, 4.69) is 42.9 Å². The molecule has 9 heteroatoms. The lowest BCUT2D eigenvalue weighted by Crippen LogP contribution is -2.47. The average Bonchev–Trinajstić information content (AvgIpc) is 3.85. The predicted octanol–water partition coefficient (Wildman–Crippen LogP) is 6.46. The molecule has 6 heterocycles. The SMILES string of the molecule is Cc1cc2cc(n1)-c1cnccc1OCCCCCn1c(nc3ccc(N4CCC5(CC4)CCN(C4CC4)CC5)cc31)NC2=O. The highest BCUT2D eigenvalue weighted by Gasteiger charge is 2.40. The van der Waals surface area contributed by atoms with E-state index in [-0.39, 0.29) is 5.91 Å². The predicted molar refractivity (Wildman–Crippen MR) is 177 cm³/mol. The topological polar surface area (TPSA) is 88.4 Å². The maximum atomic E-state index is 13.7. The van der Waals surface area contributed by atoms with E-state index in [1.165, 1.54) is 57.3 Å². The van der Waals surface area contributed by atoms with E-state index in [0.29, 0.717) is 29.2 Å². The first-order chi connectivity index (χ1) is 22.0. The van der Waals surface area contributed by atoms with Crippen LogP contribution in [-0.2, 0) is 6.54 Å². The highest BCUT2D eigenvalue weighted by molar-refractivity contribution is 6.05. The van der Waals surface area contributed by atoms with Gasteiger partial charge in [0, 0.05) is 55.0 Å². The number of ether oxygens (including phenoxy) is 1. The Labute approximate surface area is 265 Å². The Morgan fingerprint density at radius 2 is 1.73 bits per heavy atom. The number of anilines is 2. The van der Waals surface area contributed by atoms with Crippen molar-refractivity contribution in [1.82, 2.24) is 24.4 Å². The van der Waals surface area contributed by atoms with Crippen molar-refractivity contribution in [2.45, 2.75) is 77.3 Å². The van der Waals surface area contributed by atoms with Gasteiger partial charge in [0.2, 0.25) is 5.95 Å². The highest BCUT2D eigenvalue weighted by atomic mass is 16.5. The molecular weight excluding hydrogens is 562 g/mol. The number of imidazole rings is 1. The minimum absolute atomic E-state index is 0.200. The molecule has 4 aliphatic rings. The molecule has 3 aliphatic heterocycles. The molecule has 1 saturated carbocycles. The van der Waals surface area contributed by atoms with Crippen LogP contribution in [0.2, 0.25) is 0 Å². The summed E-state index contributed by atoms with van der Waals surface area (Å²) < 4.78 is 8.39. The number of aromatic nitrogens is 4. The van der Waals surface area contributed by atoms with Crippen LogP contribution in [0.4, 0.5) is 11.6 Å². The molecule has 8 rings (SSSR count). The van der Waals surface area contributed by atoms with Crippen LogP contribution in [0.25, 0.3) is 22.3 Å². The Balaban J connectivity index is 1.05. The van der Waals surface area contributed by atoms with Crippen molar-refractivity contribution < 1.29 is 9.53 Å². The molecule has 1 amide bonds. The largest absolute Gasteiger partial charge is 0.493 e. The number of aryl methyl sites for hydroxylation is 2. The van der Waals surface area contributed by atoms with E-state index < -0.39 is 0 Å². The smallest absolute Gasteiger partial charge is 0.258 e. The van der Waals surface area contributed by atoms with Gasteiger partial charge in [-0.1, -0.05) is 0 Å². The molecule has 0 atom stereocenters. The Morgan fingerprint density at radius 3 is 2.56 bits per heavy atom. The third-order valence-corrected chi connectivity index (χ3v) is 10.6. The summed E-state index contributed by atoms with van der Waals surface area (Å²) in [6.07, 6.45) is 14.5. The first-order valence-electron chi connectivity index (χ1n) is 16.9. The van der Waals surface area contributed by atoms with E-state index in [9.17, 15) is 4.79 Å². The first kappa shape index (κ1) is 28.5. The number of carbonyl (C=O) groups is 1. The van der Waals surface area contributed by atoms with Crippen molar-refractivity contribution in [3.05, 3.63) is 60.0 Å². The van der Waals surface area contributed by atoms with Crippen LogP contribution in [-0.4, -0.2) is 69.2 Å². The van der Waals surface area contributed by atoms with Crippen molar-refractivity contribution in [3.8, 4) is 17.0 Å². The quantitative estimate of drug-likeness (QED) is 0.281. The monoisotopic (exact) mass is 605 g/mol. The lowest BCUT2D eigenvalue weighted by Gasteiger charge is -2.47. The van der Waals surface area contributed by atoms with Gasteiger partial charge in [-0.2, -0.15) is 0 Å². The lowest BCUT2D eigenvalue weighted by atomic mass is 9.71. The van der Waals surface area contributed by atoms with Gasteiger partial charge in [-0.3, -0.25) is 20.1 Å². The van der Waals surface area contributed by atoms with E-state index >= 15 is 0 Å². The van der Waals surface area contributed by atoms with E-state index in [1.54, 1.807) is 12.4 Å². The van der Waals surface area contributed by atoms with Crippen molar-refractivity contribution in [3.63, 3.8) is 0 Å². The van der Waals surface area contributed by atoms with Crippen molar-refractivity contribution in [2.75, 3.05) is 43.0 Å². The number of hydrogen-bond donors (Lipinski definition) is 1. The number of amides is 1. The number of piperidine rings is 2. The van der Waals surface area contributed by atoms with Gasteiger partial charge >= 0.3 is 0 Å². The summed E-state index contributed by atoms with van der Waals surface area (Å²) in [5.74, 6) is 1.13. The number of fused-ring (bicyclic) bond motifs is 7. The fourth-order valence-electron chi connectivity index (χ4n) is 7.71. The molecule has 0 radical (unpaired) electrons. The van der Waals surface area contributed by atoms with Gasteiger partial charge in [0.1, 0.15) is 5.75 Å². The standard InChI is InChI=1S/C36H43N7O2/c1-25-21-26-22-31(38-25)29-24-37-14-9-33(29)45-20-4-2-3-15-43-32-23-28(7-8-30(32)39-35(43)40-34(26)44)42-18-12-36(13-19-42)10-16-41(17-11-36)27-5-6-27/h7-9,14,21-24,27H,2-6,10-13,15-20H2,1H3,(H,39,40,44). The second-order valence-corrected chi connectivity index (χ2v) is 13.6. The van der Waals surface area contributed by atoms with Gasteiger partial charge in [-0.25, -0.2) is 4.98 Å². The number of pyridine rings is 2. The minimum atomic E-state index is -0.200. The number of likely N-dealkylation sites (tertiary alicyclic amines) is 1. The zero-order valence-electron chi connectivity index (χ0n) is 26.3. The van der Waals surface area contributed by atoms with Crippen LogP contribution in [0.5, 0.6) is 5.75 Å². The van der Waals surface area contributed by atoms with Gasteiger partial charge in [0.15, 0.2) is 0 Å². The third kappa shape index (κ3) is 5.78. The van der Waals surface area contributed by atoms with Gasteiger partial charge in [-0.05, 0) is 120 Å². The molecule has 2 saturated heterocycles. The molecule has 234 valence electrons. The molecule has 1 aromatic carbocycles. The summed E-state index contributed by atoms with van der Waals surface area (Å²) in [6.45, 7) is 8.09. The average molecular weight is 606 g/mol. The van der Waals surface area contributed by atoms with Crippen LogP contribution < -0.4 is 15.0 Å². The third-order valence-electron chi connectivity index (χ3n) is 10.6. The van der Waals surface area contributed by atoms with E-state index in [1.807, 2.05) is 25.1 Å². The maximum absolute atomic E-state index is 13.7. The van der Waals surface area contributed by atoms with Gasteiger partial charge < -0.3 is 19.1 Å². The molecule has 3 aromatic heterocycles. The molecule has 45 heavy (non-hydrogen) atoms. The number of nitrogens with one attached hydrogen (secondary N) is 1. The Bertz CT molecular complexity index is 1710. The van der Waals surface area contributed by atoms with Gasteiger partial charge in [0.25, 0.3) is 5.91 Å². The normalized spacial score (nSPS) is 20.9. The van der Waals surface area contributed by atoms with E-state index in [0.717, 1.165) is 73.0 Å². The number of carbonyl (C=O) groups excluding carboxylic acids is 1. The molecule has 4 aromatic rings. The fourth-order valence-corrected chi connectivity index (χ4v) is 7.71. The van der Waals surface area contributed by atoms with Gasteiger partial charge in [-0.15, -0.1) is 0 Å². The van der Waals surface area contributed by atoms with Crippen LogP contribution in [0, 0.1) is 12.3 Å². The van der Waals surface area contributed by atoms with Crippen molar-refractivity contribution in [2.24, 2.45) is 5.41 Å². The molecule has 2 bridgehead atoms. The Morgan fingerprint density at radius 1 is 0.911 bits per heavy atom. The van der Waals surface area contributed by atoms with Crippen molar-refractivity contribution >= 4 is 28.6 Å². The molecule has 3 fully saturated rings. The van der Waals surface area contributed by atoms with Crippen LogP contribution >= 0.6 is 0 Å². The summed E-state index contributed by atoms with van der Waals surface area (Å²) in [5, 5.41) is 3.15. The zero-order chi connectivity index (χ0) is 30.4. The Hall–Kier alpha value is -3.98. The maximum Gasteiger partial charge on any atom is 0.258 e. The molecular formula is C36H43N7O2. The first-order valence-corrected chi connectivity index (χ1v) is 16.9. The van der Waals surface area contributed by atoms with Crippen LogP contribution in [0.1, 0.15) is 73.8 Å². The van der Waals surface area contributed by atoms with Crippen LogP contribution in [0.15, 0.2) is 48.8 Å². The van der Waals surface area contributed by atoms with Crippen LogP contribution in [0.3, 0.4) is 0 Å². The number of hydrogen-bond acceptors (Lipinski definition) is 7. The summed E-state index contributed by atoms with van der Waals surface area (Å²) in [4.78, 5) is 32.9. The highest BCUT2D eigenvalue weighted by Crippen LogP contribution is 2.44.